The SMILES string of the molecule is CC(=O)Oc1cc(CC#N)nc2ccccc12. The highest BCUT2D eigenvalue weighted by atomic mass is 16.5. The summed E-state index contributed by atoms with van der Waals surface area (Å²) in [6.07, 6.45) is 0.194. The third-order valence-electron chi connectivity index (χ3n) is 2.25. The second kappa shape index (κ2) is 4.62. The zero-order valence-electron chi connectivity index (χ0n) is 9.30. The maximum Gasteiger partial charge on any atom is 0.308 e. The van der Waals surface area contributed by atoms with Crippen molar-refractivity contribution < 1.29 is 9.53 Å². The van der Waals surface area contributed by atoms with Gasteiger partial charge in [-0.1, -0.05) is 12.1 Å². The molecule has 0 fully saturated rings. The maximum atomic E-state index is 11.0. The van der Waals surface area contributed by atoms with Crippen LogP contribution in [0.2, 0.25) is 0 Å². The zero-order chi connectivity index (χ0) is 12.3. The van der Waals surface area contributed by atoms with Crippen LogP contribution in [0.3, 0.4) is 0 Å². The number of rotatable bonds is 2. The van der Waals surface area contributed by atoms with Gasteiger partial charge < -0.3 is 4.74 Å². The Kier molecular flexibility index (Phi) is 3.01. The number of nitrogens with zero attached hydrogens (tertiary/aromatic N) is 2. The fourth-order valence-electron chi connectivity index (χ4n) is 1.61. The summed E-state index contributed by atoms with van der Waals surface area (Å²) in [5.74, 6) is 0.0672. The average molecular weight is 226 g/mol. The molecule has 17 heavy (non-hydrogen) atoms. The van der Waals surface area contributed by atoms with Crippen LogP contribution >= 0.6 is 0 Å². The first-order valence-electron chi connectivity index (χ1n) is 5.15. The highest BCUT2D eigenvalue weighted by Crippen LogP contribution is 2.25. The zero-order valence-corrected chi connectivity index (χ0v) is 9.30. The lowest BCUT2D eigenvalue weighted by atomic mass is 10.1. The first kappa shape index (κ1) is 11.1. The van der Waals surface area contributed by atoms with Crippen molar-refractivity contribution in [2.45, 2.75) is 13.3 Å². The summed E-state index contributed by atoms with van der Waals surface area (Å²) < 4.78 is 5.13. The molecule has 0 radical (unpaired) electrons. The molecule has 4 nitrogen and oxygen atoms in total. The minimum Gasteiger partial charge on any atom is -0.426 e. The summed E-state index contributed by atoms with van der Waals surface area (Å²) in [4.78, 5) is 15.3. The molecule has 0 aliphatic carbocycles. The number of pyridine rings is 1. The van der Waals surface area contributed by atoms with E-state index < -0.39 is 0 Å². The molecule has 1 aromatic heterocycles. The Morgan fingerprint density at radius 3 is 2.94 bits per heavy atom. The monoisotopic (exact) mass is 226 g/mol. The largest absolute Gasteiger partial charge is 0.426 e. The molecule has 0 saturated carbocycles. The molecule has 0 saturated heterocycles. The van der Waals surface area contributed by atoms with Gasteiger partial charge in [-0.3, -0.25) is 9.78 Å². The van der Waals surface area contributed by atoms with Crippen molar-refractivity contribution in [2.24, 2.45) is 0 Å². The van der Waals surface area contributed by atoms with Gasteiger partial charge in [0.25, 0.3) is 0 Å². The Morgan fingerprint density at radius 2 is 2.24 bits per heavy atom. The lowest BCUT2D eigenvalue weighted by molar-refractivity contribution is -0.131. The molecule has 0 aliphatic heterocycles. The van der Waals surface area contributed by atoms with Crippen LogP contribution in [0.5, 0.6) is 5.75 Å². The molecule has 1 aromatic carbocycles. The molecule has 0 atom stereocenters. The molecule has 0 N–H and O–H groups in total. The van der Waals surface area contributed by atoms with E-state index in [-0.39, 0.29) is 12.4 Å². The topological polar surface area (TPSA) is 63.0 Å². The molecule has 0 amide bonds. The van der Waals surface area contributed by atoms with E-state index in [1.165, 1.54) is 6.92 Å². The Morgan fingerprint density at radius 1 is 1.47 bits per heavy atom. The fraction of sp³-hybridized carbons (Fsp3) is 0.154. The Labute approximate surface area is 98.5 Å². The van der Waals surface area contributed by atoms with Crippen molar-refractivity contribution in [3.63, 3.8) is 0 Å². The standard InChI is InChI=1S/C13H10N2O2/c1-9(16)17-13-8-10(6-7-14)15-12-5-3-2-4-11(12)13/h2-5,8H,6H2,1H3. The van der Waals surface area contributed by atoms with E-state index in [1.54, 1.807) is 6.07 Å². The molecular weight excluding hydrogens is 216 g/mol. The summed E-state index contributed by atoms with van der Waals surface area (Å²) in [5.41, 5.74) is 1.32. The van der Waals surface area contributed by atoms with Gasteiger partial charge >= 0.3 is 5.97 Å². The first-order chi connectivity index (χ1) is 8.20. The molecular formula is C13H10N2O2. The van der Waals surface area contributed by atoms with Crippen molar-refractivity contribution >= 4 is 16.9 Å². The predicted molar refractivity (Wildman–Crippen MR) is 62.4 cm³/mol. The second-order valence-corrected chi connectivity index (χ2v) is 3.56. The number of hydrogen-bond donors (Lipinski definition) is 0. The van der Waals surface area contributed by atoms with Gasteiger partial charge in [-0.05, 0) is 12.1 Å². The van der Waals surface area contributed by atoms with Crippen molar-refractivity contribution in [3.8, 4) is 11.8 Å². The van der Waals surface area contributed by atoms with Crippen LogP contribution in [-0.2, 0) is 11.2 Å². The van der Waals surface area contributed by atoms with Gasteiger partial charge in [0.1, 0.15) is 5.75 Å². The molecule has 0 unspecified atom stereocenters. The third-order valence-corrected chi connectivity index (χ3v) is 2.25. The van der Waals surface area contributed by atoms with Crippen molar-refractivity contribution in [1.29, 1.82) is 5.26 Å². The van der Waals surface area contributed by atoms with Gasteiger partial charge in [-0.25, -0.2) is 0 Å². The number of ether oxygens (including phenoxy) is 1. The molecule has 0 aliphatic rings. The van der Waals surface area contributed by atoms with E-state index in [4.69, 9.17) is 10.00 Å². The molecule has 2 rings (SSSR count). The predicted octanol–water partition coefficient (Wildman–Crippen LogP) is 2.23. The maximum absolute atomic E-state index is 11.0. The molecule has 4 heteroatoms. The molecule has 2 aromatic rings. The summed E-state index contributed by atoms with van der Waals surface area (Å²) in [6, 6.07) is 11.0. The van der Waals surface area contributed by atoms with Gasteiger partial charge in [-0.15, -0.1) is 0 Å². The third kappa shape index (κ3) is 2.40. The normalized spacial score (nSPS) is 9.88. The van der Waals surface area contributed by atoms with Crippen LogP contribution in [0, 0.1) is 11.3 Å². The number of hydrogen-bond acceptors (Lipinski definition) is 4. The van der Waals surface area contributed by atoms with E-state index in [1.807, 2.05) is 30.3 Å². The molecule has 1 heterocycles. The quantitative estimate of drug-likeness (QED) is 0.736. The number of nitriles is 1. The van der Waals surface area contributed by atoms with Crippen LogP contribution in [-0.4, -0.2) is 11.0 Å². The Bertz CT molecular complexity index is 614. The van der Waals surface area contributed by atoms with Gasteiger partial charge in [0.2, 0.25) is 0 Å². The second-order valence-electron chi connectivity index (χ2n) is 3.56. The Hall–Kier alpha value is -2.41. The molecule has 0 bridgehead atoms. The fourth-order valence-corrected chi connectivity index (χ4v) is 1.61. The van der Waals surface area contributed by atoms with Crippen LogP contribution in [0.25, 0.3) is 10.9 Å². The number of carbonyl (C=O) groups is 1. The van der Waals surface area contributed by atoms with E-state index in [0.717, 1.165) is 10.9 Å². The van der Waals surface area contributed by atoms with Gasteiger partial charge in [0.15, 0.2) is 0 Å². The summed E-state index contributed by atoms with van der Waals surface area (Å²) >= 11 is 0. The van der Waals surface area contributed by atoms with Gasteiger partial charge in [-0.2, -0.15) is 5.26 Å². The number of fused-ring (bicyclic) bond motifs is 1. The first-order valence-corrected chi connectivity index (χ1v) is 5.15. The summed E-state index contributed by atoms with van der Waals surface area (Å²) in [5, 5.41) is 9.43. The van der Waals surface area contributed by atoms with Gasteiger partial charge in [0.05, 0.1) is 23.7 Å². The highest BCUT2D eigenvalue weighted by molar-refractivity contribution is 5.87. The lowest BCUT2D eigenvalue weighted by Crippen LogP contribution is -2.03. The highest BCUT2D eigenvalue weighted by Gasteiger charge is 2.08. The van der Waals surface area contributed by atoms with Crippen LogP contribution in [0.1, 0.15) is 12.6 Å². The van der Waals surface area contributed by atoms with E-state index in [9.17, 15) is 4.79 Å². The van der Waals surface area contributed by atoms with Crippen LogP contribution in [0.15, 0.2) is 30.3 Å². The number of esters is 1. The minimum atomic E-state index is -0.385. The van der Waals surface area contributed by atoms with Crippen LogP contribution < -0.4 is 4.74 Å². The minimum absolute atomic E-state index is 0.194. The number of aromatic nitrogens is 1. The lowest BCUT2D eigenvalue weighted by Gasteiger charge is -2.07. The van der Waals surface area contributed by atoms with E-state index in [0.29, 0.717) is 11.4 Å². The molecule has 84 valence electrons. The van der Waals surface area contributed by atoms with Crippen molar-refractivity contribution in [1.82, 2.24) is 4.98 Å². The summed E-state index contributed by atoms with van der Waals surface area (Å²) in [7, 11) is 0. The molecule has 0 spiro atoms. The smallest absolute Gasteiger partial charge is 0.308 e. The van der Waals surface area contributed by atoms with E-state index in [2.05, 4.69) is 4.98 Å². The average Bonchev–Trinajstić information content (AvgIpc) is 2.29. The summed E-state index contributed by atoms with van der Waals surface area (Å²) in [6.45, 7) is 1.35. The number of carbonyl (C=O) groups excluding carboxylic acids is 1. The van der Waals surface area contributed by atoms with Gasteiger partial charge in [0, 0.05) is 18.4 Å². The van der Waals surface area contributed by atoms with Crippen molar-refractivity contribution in [3.05, 3.63) is 36.0 Å². The van der Waals surface area contributed by atoms with E-state index >= 15 is 0 Å². The number of benzene rings is 1. The number of para-hydroxylation sites is 1. The van der Waals surface area contributed by atoms with Crippen molar-refractivity contribution in [2.75, 3.05) is 0 Å². The van der Waals surface area contributed by atoms with Crippen LogP contribution in [0.4, 0.5) is 0 Å². The Balaban J connectivity index is 2.61.